The zero-order chi connectivity index (χ0) is 16.8. The molecule has 0 spiro atoms. The fraction of sp³-hybridized carbons (Fsp3) is 0.556. The average Bonchev–Trinajstić information content (AvgIpc) is 2.59. The Balaban J connectivity index is 0.00000288. The van der Waals surface area contributed by atoms with E-state index in [1.807, 2.05) is 37.4 Å². The number of benzene rings is 1. The van der Waals surface area contributed by atoms with E-state index in [-0.39, 0.29) is 30.3 Å². The van der Waals surface area contributed by atoms with Crippen LogP contribution in [0.2, 0.25) is 0 Å². The van der Waals surface area contributed by atoms with Crippen LogP contribution >= 0.6 is 12.4 Å². The van der Waals surface area contributed by atoms with E-state index in [0.29, 0.717) is 0 Å². The normalized spacial score (nSPS) is 17.3. The fourth-order valence-electron chi connectivity index (χ4n) is 3.06. The summed E-state index contributed by atoms with van der Waals surface area (Å²) in [5.74, 6) is -0.388. The van der Waals surface area contributed by atoms with Crippen LogP contribution in [0, 0.1) is 0 Å². The number of hydrogen-bond acceptors (Lipinski definition) is 3. The molecule has 3 N–H and O–H groups in total. The number of likely N-dealkylation sites (N-methyl/N-ethyl adjacent to an activating group) is 1. The Bertz CT molecular complexity index is 530. The predicted molar refractivity (Wildman–Crippen MR) is 97.9 cm³/mol. The van der Waals surface area contributed by atoms with Gasteiger partial charge >= 0.3 is 0 Å². The summed E-state index contributed by atoms with van der Waals surface area (Å²) in [6, 6.07) is 8.29. The van der Waals surface area contributed by atoms with Crippen LogP contribution in [-0.2, 0) is 9.59 Å². The van der Waals surface area contributed by atoms with E-state index in [4.69, 9.17) is 5.73 Å². The number of rotatable bonds is 5. The molecule has 134 valence electrons. The van der Waals surface area contributed by atoms with Crippen molar-refractivity contribution in [1.29, 1.82) is 0 Å². The molecule has 0 aromatic heterocycles. The first-order valence-electron chi connectivity index (χ1n) is 8.38. The van der Waals surface area contributed by atoms with Crippen LogP contribution in [0.4, 0.5) is 0 Å². The van der Waals surface area contributed by atoms with Crippen molar-refractivity contribution >= 4 is 24.2 Å². The average molecular weight is 354 g/mol. The van der Waals surface area contributed by atoms with Gasteiger partial charge in [-0.2, -0.15) is 0 Å². The molecule has 1 aromatic rings. The molecule has 24 heavy (non-hydrogen) atoms. The Morgan fingerprint density at radius 3 is 2.29 bits per heavy atom. The van der Waals surface area contributed by atoms with E-state index in [2.05, 4.69) is 5.32 Å². The van der Waals surface area contributed by atoms with Gasteiger partial charge in [-0.15, -0.1) is 12.4 Å². The maximum Gasteiger partial charge on any atom is 0.249 e. The van der Waals surface area contributed by atoms with E-state index < -0.39 is 12.1 Å². The molecule has 2 rings (SSSR count). The van der Waals surface area contributed by atoms with Crippen molar-refractivity contribution in [3.05, 3.63) is 35.9 Å². The van der Waals surface area contributed by atoms with Crippen LogP contribution in [0.1, 0.15) is 50.6 Å². The van der Waals surface area contributed by atoms with Crippen LogP contribution in [0.25, 0.3) is 0 Å². The molecule has 1 fully saturated rings. The van der Waals surface area contributed by atoms with Gasteiger partial charge in [0.05, 0.1) is 6.04 Å². The molecule has 1 unspecified atom stereocenters. The lowest BCUT2D eigenvalue weighted by atomic mass is 9.93. The van der Waals surface area contributed by atoms with E-state index in [0.717, 1.165) is 31.2 Å². The molecule has 0 saturated heterocycles. The monoisotopic (exact) mass is 353 g/mol. The Morgan fingerprint density at radius 1 is 1.17 bits per heavy atom. The summed E-state index contributed by atoms with van der Waals surface area (Å²) in [5, 5.41) is 2.80. The van der Waals surface area contributed by atoms with Crippen molar-refractivity contribution in [2.45, 2.75) is 57.2 Å². The number of halogens is 1. The van der Waals surface area contributed by atoms with Crippen LogP contribution in [-0.4, -0.2) is 35.8 Å². The first-order chi connectivity index (χ1) is 11.0. The highest BCUT2D eigenvalue weighted by Crippen LogP contribution is 2.24. The summed E-state index contributed by atoms with van der Waals surface area (Å²) < 4.78 is 0. The van der Waals surface area contributed by atoms with Gasteiger partial charge in [0.15, 0.2) is 0 Å². The van der Waals surface area contributed by atoms with Gasteiger partial charge in [0, 0.05) is 13.1 Å². The minimum Gasteiger partial charge on any atom is -0.341 e. The molecule has 2 amide bonds. The van der Waals surface area contributed by atoms with Gasteiger partial charge in [-0.3, -0.25) is 9.59 Å². The predicted octanol–water partition coefficient (Wildman–Crippen LogP) is 2.40. The lowest BCUT2D eigenvalue weighted by Crippen LogP contribution is -2.48. The van der Waals surface area contributed by atoms with Crippen molar-refractivity contribution in [2.24, 2.45) is 5.73 Å². The molecule has 1 saturated carbocycles. The molecule has 1 aliphatic rings. The quantitative estimate of drug-likeness (QED) is 0.853. The number of amides is 2. The Labute approximate surface area is 150 Å². The molecular formula is C18H28ClN3O2. The lowest BCUT2D eigenvalue weighted by Gasteiger charge is -2.34. The lowest BCUT2D eigenvalue weighted by molar-refractivity contribution is -0.138. The summed E-state index contributed by atoms with van der Waals surface area (Å²) in [6.07, 6.45) is 5.62. The van der Waals surface area contributed by atoms with E-state index in [1.165, 1.54) is 6.42 Å². The number of carbonyl (C=O) groups excluding carboxylic acids is 2. The van der Waals surface area contributed by atoms with Crippen molar-refractivity contribution in [1.82, 2.24) is 10.2 Å². The fourth-order valence-corrected chi connectivity index (χ4v) is 3.06. The molecule has 6 heteroatoms. The smallest absolute Gasteiger partial charge is 0.249 e. The molecule has 5 nitrogen and oxygen atoms in total. The number of nitrogens with two attached hydrogens (primary N) is 1. The zero-order valence-corrected chi connectivity index (χ0v) is 15.2. The Morgan fingerprint density at radius 2 is 1.75 bits per heavy atom. The van der Waals surface area contributed by atoms with Gasteiger partial charge in [0.25, 0.3) is 0 Å². The summed E-state index contributed by atoms with van der Waals surface area (Å²) >= 11 is 0. The molecule has 1 aromatic carbocycles. The van der Waals surface area contributed by atoms with Gasteiger partial charge in [-0.1, -0.05) is 49.6 Å². The molecule has 0 heterocycles. The molecule has 2 atom stereocenters. The maximum atomic E-state index is 13.0. The molecule has 0 bridgehead atoms. The molecule has 0 aliphatic heterocycles. The van der Waals surface area contributed by atoms with Crippen LogP contribution in [0.5, 0.6) is 0 Å². The minimum absolute atomic E-state index is 0. The van der Waals surface area contributed by atoms with Crippen molar-refractivity contribution < 1.29 is 9.59 Å². The third-order valence-electron chi connectivity index (χ3n) is 4.55. The topological polar surface area (TPSA) is 75.4 Å². The van der Waals surface area contributed by atoms with Crippen molar-refractivity contribution in [3.63, 3.8) is 0 Å². The number of carbonyl (C=O) groups is 2. The van der Waals surface area contributed by atoms with Gasteiger partial charge in [0.1, 0.15) is 6.04 Å². The summed E-state index contributed by atoms with van der Waals surface area (Å²) in [7, 11) is 1.84. The van der Waals surface area contributed by atoms with Crippen LogP contribution in [0.3, 0.4) is 0 Å². The second kappa shape index (κ2) is 9.64. The molecule has 0 radical (unpaired) electrons. The third-order valence-corrected chi connectivity index (χ3v) is 4.55. The third kappa shape index (κ3) is 5.21. The van der Waals surface area contributed by atoms with Crippen molar-refractivity contribution in [3.8, 4) is 0 Å². The first-order valence-corrected chi connectivity index (χ1v) is 8.38. The summed E-state index contributed by atoms with van der Waals surface area (Å²) in [4.78, 5) is 26.8. The van der Waals surface area contributed by atoms with Crippen LogP contribution in [0.15, 0.2) is 30.3 Å². The number of nitrogens with zero attached hydrogens (tertiary/aromatic N) is 1. The summed E-state index contributed by atoms with van der Waals surface area (Å²) in [6.45, 7) is 1.62. The largest absolute Gasteiger partial charge is 0.341 e. The summed E-state index contributed by atoms with van der Waals surface area (Å²) in [5.41, 5.74) is 6.43. The standard InChI is InChI=1S/C18H27N3O2.ClH/c1-13(19)17(22)20-16(14-9-5-3-6-10-14)18(23)21(2)15-11-7-4-8-12-15;/h3,5-6,9-10,13,15-16H,4,7-8,11-12,19H2,1-2H3,(H,20,22);1H/t13-,16?;/m0./s1. The highest BCUT2D eigenvalue weighted by atomic mass is 35.5. The van der Waals surface area contributed by atoms with E-state index in [1.54, 1.807) is 11.8 Å². The zero-order valence-electron chi connectivity index (χ0n) is 14.4. The highest BCUT2D eigenvalue weighted by molar-refractivity contribution is 5.90. The first kappa shape index (κ1) is 20.5. The SMILES string of the molecule is C[C@H](N)C(=O)NC(C(=O)N(C)C1CCCCC1)c1ccccc1.Cl. The number of hydrogen-bond donors (Lipinski definition) is 2. The van der Waals surface area contributed by atoms with E-state index in [9.17, 15) is 9.59 Å². The minimum atomic E-state index is -0.679. The second-order valence-electron chi connectivity index (χ2n) is 6.38. The Hall–Kier alpha value is -1.59. The second-order valence-corrected chi connectivity index (χ2v) is 6.38. The van der Waals surface area contributed by atoms with Crippen LogP contribution < -0.4 is 11.1 Å². The molecule has 1 aliphatic carbocycles. The van der Waals surface area contributed by atoms with Crippen molar-refractivity contribution in [2.75, 3.05) is 7.05 Å². The highest BCUT2D eigenvalue weighted by Gasteiger charge is 2.30. The van der Waals surface area contributed by atoms with Gasteiger partial charge in [-0.25, -0.2) is 0 Å². The number of nitrogens with one attached hydrogen (secondary N) is 1. The van der Waals surface area contributed by atoms with Gasteiger partial charge in [-0.05, 0) is 25.3 Å². The molecular weight excluding hydrogens is 326 g/mol. The van der Waals surface area contributed by atoms with E-state index >= 15 is 0 Å². The van der Waals surface area contributed by atoms with Gasteiger partial charge < -0.3 is 16.0 Å². The van der Waals surface area contributed by atoms with Gasteiger partial charge in [0.2, 0.25) is 11.8 Å². The maximum absolute atomic E-state index is 13.0. The Kier molecular flexibility index (Phi) is 8.22.